The van der Waals surface area contributed by atoms with Crippen molar-refractivity contribution in [3.63, 3.8) is 0 Å². The smallest absolute Gasteiger partial charge is 0.346 e. The molecule has 2 aliphatic rings. The molecule has 0 aliphatic carbocycles. The first-order chi connectivity index (χ1) is 13.1. The van der Waals surface area contributed by atoms with E-state index in [0.717, 1.165) is 0 Å². The third kappa shape index (κ3) is 7.08. The Balaban J connectivity index is 0.000000308. The Morgan fingerprint density at radius 3 is 1.69 bits per heavy atom. The van der Waals surface area contributed by atoms with E-state index in [4.69, 9.17) is 10.4 Å². The Morgan fingerprint density at radius 2 is 1.41 bits per heavy atom. The summed E-state index contributed by atoms with van der Waals surface area (Å²) in [6.07, 6.45) is 1.56. The Kier molecular flexibility index (Phi) is 7.60. The van der Waals surface area contributed by atoms with E-state index >= 15 is 0 Å². The van der Waals surface area contributed by atoms with Crippen molar-refractivity contribution >= 4 is 12.3 Å². The lowest BCUT2D eigenvalue weighted by Crippen LogP contribution is -2.44. The van der Waals surface area contributed by atoms with Crippen LogP contribution in [0.25, 0.3) is 0 Å². The molecule has 0 bridgehead atoms. The number of carbonyl (C=O) groups excluding carboxylic acids is 1. The number of hydrogen-bond acceptors (Lipinski definition) is 5. The summed E-state index contributed by atoms with van der Waals surface area (Å²) in [5.74, 6) is -6.69. The minimum Gasteiger partial charge on any atom is -0.477 e. The molecule has 2 fully saturated rings. The van der Waals surface area contributed by atoms with E-state index in [1.807, 2.05) is 0 Å². The number of hydrogen-bond donors (Lipinski definition) is 1. The molecule has 0 atom stereocenters. The highest BCUT2D eigenvalue weighted by Crippen LogP contribution is 2.33. The number of halogens is 4. The normalized spacial score (nSPS) is 22.5. The molecule has 6 nitrogen and oxygen atoms in total. The van der Waals surface area contributed by atoms with Crippen LogP contribution < -0.4 is 0 Å². The van der Waals surface area contributed by atoms with E-state index < -0.39 is 41.0 Å². The van der Waals surface area contributed by atoms with Crippen LogP contribution in [0.4, 0.5) is 17.6 Å². The Morgan fingerprint density at radius 1 is 1.00 bits per heavy atom. The summed E-state index contributed by atoms with van der Waals surface area (Å²) in [5.41, 5.74) is -2.05. The highest BCUT2D eigenvalue weighted by atomic mass is 19.3. The van der Waals surface area contributed by atoms with E-state index in [9.17, 15) is 27.2 Å². The van der Waals surface area contributed by atoms with Gasteiger partial charge in [-0.3, -0.25) is 9.80 Å². The SMILES string of the molecule is CC(C)(C=C(C#N)C(=O)O)N1CCC(F)(F)C1.CC(C)(C=O)N1CCC(F)(F)C1. The number of aldehydes is 1. The molecule has 2 aliphatic heterocycles. The van der Waals surface area contributed by atoms with E-state index in [1.54, 1.807) is 33.8 Å². The summed E-state index contributed by atoms with van der Waals surface area (Å²) < 4.78 is 51.5. The number of carbonyl (C=O) groups is 2. The number of aliphatic carboxylic acids is 1. The highest BCUT2D eigenvalue weighted by molar-refractivity contribution is 5.91. The molecule has 0 saturated carbocycles. The highest BCUT2D eigenvalue weighted by Gasteiger charge is 2.44. The summed E-state index contributed by atoms with van der Waals surface area (Å²) in [6.45, 7) is 6.34. The molecule has 2 heterocycles. The fourth-order valence-corrected chi connectivity index (χ4v) is 3.12. The zero-order chi connectivity index (χ0) is 22.7. The topological polar surface area (TPSA) is 84.6 Å². The Hall–Kier alpha value is -1.99. The lowest BCUT2D eigenvalue weighted by Gasteiger charge is -2.32. The Labute approximate surface area is 167 Å². The third-order valence-electron chi connectivity index (χ3n) is 5.11. The van der Waals surface area contributed by atoms with Crippen LogP contribution in [0, 0.1) is 11.3 Å². The Bertz CT molecular complexity index is 699. The molecule has 0 aromatic carbocycles. The van der Waals surface area contributed by atoms with Gasteiger partial charge in [-0.15, -0.1) is 0 Å². The largest absolute Gasteiger partial charge is 0.477 e. The van der Waals surface area contributed by atoms with Crippen LogP contribution in [-0.4, -0.2) is 76.3 Å². The molecular formula is C19H27F4N3O3. The molecule has 0 radical (unpaired) electrons. The van der Waals surface area contributed by atoms with Gasteiger partial charge in [-0.05, 0) is 33.8 Å². The average molecular weight is 421 g/mol. The number of rotatable bonds is 5. The van der Waals surface area contributed by atoms with Gasteiger partial charge in [0.25, 0.3) is 11.8 Å². The maximum Gasteiger partial charge on any atom is 0.346 e. The predicted molar refractivity (Wildman–Crippen MR) is 97.8 cm³/mol. The van der Waals surface area contributed by atoms with Gasteiger partial charge in [0.1, 0.15) is 17.9 Å². The molecule has 1 N–H and O–H groups in total. The summed E-state index contributed by atoms with van der Waals surface area (Å²) in [4.78, 5) is 24.2. The second-order valence-electron chi connectivity index (χ2n) is 8.46. The van der Waals surface area contributed by atoms with Crippen molar-refractivity contribution in [2.75, 3.05) is 26.2 Å². The first-order valence-electron chi connectivity index (χ1n) is 9.14. The number of nitrogens with zero attached hydrogens (tertiary/aromatic N) is 3. The van der Waals surface area contributed by atoms with Gasteiger partial charge in [-0.1, -0.05) is 0 Å². The molecule has 0 aromatic heterocycles. The molecule has 0 unspecified atom stereocenters. The van der Waals surface area contributed by atoms with E-state index in [1.165, 1.54) is 15.9 Å². The minimum absolute atomic E-state index is 0.135. The maximum absolute atomic E-state index is 13.1. The van der Waals surface area contributed by atoms with Crippen LogP contribution in [0.3, 0.4) is 0 Å². The zero-order valence-corrected chi connectivity index (χ0v) is 17.0. The third-order valence-corrected chi connectivity index (χ3v) is 5.11. The first kappa shape index (κ1) is 25.0. The van der Waals surface area contributed by atoms with E-state index in [0.29, 0.717) is 12.8 Å². The maximum atomic E-state index is 13.1. The summed E-state index contributed by atoms with van der Waals surface area (Å²) in [5, 5.41) is 17.4. The number of carboxylic acid groups (broad SMARTS) is 1. The average Bonchev–Trinajstić information content (AvgIpc) is 3.15. The summed E-state index contributed by atoms with van der Waals surface area (Å²) in [7, 11) is 0. The summed E-state index contributed by atoms with van der Waals surface area (Å²) in [6, 6.07) is 1.55. The van der Waals surface area contributed by atoms with Gasteiger partial charge >= 0.3 is 5.97 Å². The second-order valence-corrected chi connectivity index (χ2v) is 8.46. The lowest BCUT2D eigenvalue weighted by molar-refractivity contribution is -0.132. The predicted octanol–water partition coefficient (Wildman–Crippen LogP) is 2.95. The van der Waals surface area contributed by atoms with Gasteiger partial charge in [-0.25, -0.2) is 22.4 Å². The molecule has 2 saturated heterocycles. The van der Waals surface area contributed by atoms with Crippen molar-refractivity contribution < 1.29 is 32.3 Å². The molecule has 0 aromatic rings. The molecular weight excluding hydrogens is 394 g/mol. The van der Waals surface area contributed by atoms with Crippen molar-refractivity contribution in [2.24, 2.45) is 0 Å². The quantitative estimate of drug-likeness (QED) is 0.318. The van der Waals surface area contributed by atoms with E-state index in [-0.39, 0.29) is 25.9 Å². The van der Waals surface area contributed by atoms with Crippen molar-refractivity contribution in [3.05, 3.63) is 11.6 Å². The van der Waals surface area contributed by atoms with Crippen LogP contribution >= 0.6 is 0 Å². The first-order valence-corrected chi connectivity index (χ1v) is 9.14. The van der Waals surface area contributed by atoms with Crippen molar-refractivity contribution in [2.45, 2.75) is 63.5 Å². The molecule has 2 rings (SSSR count). The minimum atomic E-state index is -2.73. The van der Waals surface area contributed by atoms with Gasteiger partial charge < -0.3 is 9.90 Å². The molecule has 0 amide bonds. The fourth-order valence-electron chi connectivity index (χ4n) is 3.12. The number of alkyl halides is 4. The van der Waals surface area contributed by atoms with Crippen LogP contribution in [0.15, 0.2) is 11.6 Å². The van der Waals surface area contributed by atoms with Crippen molar-refractivity contribution in [3.8, 4) is 6.07 Å². The number of likely N-dealkylation sites (tertiary alicyclic amines) is 2. The van der Waals surface area contributed by atoms with Gasteiger partial charge in [0.2, 0.25) is 0 Å². The molecule has 29 heavy (non-hydrogen) atoms. The standard InChI is InChI=1S/C11H14F2N2O2.C8H13F2NO/c1-10(2,5-8(6-14)9(16)17)15-4-3-11(12,13)7-15;1-7(2,6-12)11-4-3-8(9,10)5-11/h5H,3-4,7H2,1-2H3,(H,16,17);6H,3-5H2,1-2H3. The summed E-state index contributed by atoms with van der Waals surface area (Å²) >= 11 is 0. The second kappa shape index (κ2) is 8.79. The van der Waals surface area contributed by atoms with Crippen LogP contribution in [0.1, 0.15) is 40.5 Å². The molecule has 10 heteroatoms. The molecule has 0 spiro atoms. The van der Waals surface area contributed by atoms with Gasteiger partial charge in [0.05, 0.1) is 18.6 Å². The van der Waals surface area contributed by atoms with Crippen molar-refractivity contribution in [1.29, 1.82) is 5.26 Å². The van der Waals surface area contributed by atoms with Gasteiger partial charge in [0.15, 0.2) is 0 Å². The van der Waals surface area contributed by atoms with E-state index in [2.05, 4.69) is 0 Å². The van der Waals surface area contributed by atoms with Crippen LogP contribution in [-0.2, 0) is 9.59 Å². The molecule has 164 valence electrons. The van der Waals surface area contributed by atoms with Gasteiger partial charge in [-0.2, -0.15) is 5.26 Å². The number of nitriles is 1. The van der Waals surface area contributed by atoms with Crippen LogP contribution in [0.5, 0.6) is 0 Å². The fraction of sp³-hybridized carbons (Fsp3) is 0.737. The van der Waals surface area contributed by atoms with Crippen molar-refractivity contribution in [1.82, 2.24) is 9.80 Å². The monoisotopic (exact) mass is 421 g/mol. The zero-order valence-electron chi connectivity index (χ0n) is 17.0. The lowest BCUT2D eigenvalue weighted by atomic mass is 9.99. The van der Waals surface area contributed by atoms with Crippen LogP contribution in [0.2, 0.25) is 0 Å². The van der Waals surface area contributed by atoms with Gasteiger partial charge in [0, 0.05) is 31.5 Å². The number of carboxylic acids is 1.